The van der Waals surface area contributed by atoms with Crippen LogP contribution in [0.15, 0.2) is 54.7 Å². The standard InChI is InChI=1S/C17H16N4O/c1-2-18-17(22)21-15-9-8-14-13(10-11-19-16(14)20-15)12-6-4-3-5-7-12/h3-11H,2H2,1H3,(H2,18,19,20,21,22). The van der Waals surface area contributed by atoms with E-state index < -0.39 is 0 Å². The number of aromatic nitrogens is 2. The van der Waals surface area contributed by atoms with E-state index >= 15 is 0 Å². The summed E-state index contributed by atoms with van der Waals surface area (Å²) in [7, 11) is 0. The molecule has 0 saturated carbocycles. The highest BCUT2D eigenvalue weighted by molar-refractivity contribution is 5.95. The van der Waals surface area contributed by atoms with E-state index in [4.69, 9.17) is 0 Å². The Morgan fingerprint density at radius 3 is 2.68 bits per heavy atom. The molecule has 0 saturated heterocycles. The first-order chi connectivity index (χ1) is 10.8. The third kappa shape index (κ3) is 2.88. The topological polar surface area (TPSA) is 66.9 Å². The average molecular weight is 292 g/mol. The molecular formula is C17H16N4O. The summed E-state index contributed by atoms with van der Waals surface area (Å²) in [5.41, 5.74) is 2.79. The van der Waals surface area contributed by atoms with Gasteiger partial charge in [-0.2, -0.15) is 0 Å². The largest absolute Gasteiger partial charge is 0.338 e. The molecule has 0 radical (unpaired) electrons. The molecule has 3 aromatic rings. The Hall–Kier alpha value is -2.95. The SMILES string of the molecule is CCNC(=O)Nc1ccc2c(-c3ccccc3)ccnc2n1. The quantitative estimate of drug-likeness (QED) is 0.777. The van der Waals surface area contributed by atoms with Gasteiger partial charge in [-0.25, -0.2) is 14.8 Å². The third-order valence-corrected chi connectivity index (χ3v) is 3.27. The maximum Gasteiger partial charge on any atom is 0.320 e. The molecule has 0 atom stereocenters. The van der Waals surface area contributed by atoms with Crippen LogP contribution >= 0.6 is 0 Å². The lowest BCUT2D eigenvalue weighted by atomic mass is 10.0. The van der Waals surface area contributed by atoms with Crippen molar-refractivity contribution in [2.75, 3.05) is 11.9 Å². The van der Waals surface area contributed by atoms with Crippen LogP contribution in [0.3, 0.4) is 0 Å². The fourth-order valence-electron chi connectivity index (χ4n) is 2.29. The Bertz CT molecular complexity index is 802. The molecule has 0 aliphatic heterocycles. The van der Waals surface area contributed by atoms with Crippen molar-refractivity contribution in [3.63, 3.8) is 0 Å². The Labute approximate surface area is 128 Å². The van der Waals surface area contributed by atoms with Crippen molar-refractivity contribution < 1.29 is 4.79 Å². The van der Waals surface area contributed by atoms with Gasteiger partial charge in [-0.05, 0) is 36.2 Å². The van der Waals surface area contributed by atoms with Crippen molar-refractivity contribution in [2.45, 2.75) is 6.92 Å². The van der Waals surface area contributed by atoms with Crippen LogP contribution in [0.5, 0.6) is 0 Å². The molecule has 0 fully saturated rings. The number of nitrogens with one attached hydrogen (secondary N) is 2. The Morgan fingerprint density at radius 1 is 1.09 bits per heavy atom. The monoisotopic (exact) mass is 292 g/mol. The molecule has 0 bridgehead atoms. The number of pyridine rings is 2. The van der Waals surface area contributed by atoms with Crippen molar-refractivity contribution in [1.29, 1.82) is 0 Å². The number of carbonyl (C=O) groups excluding carboxylic acids is 1. The van der Waals surface area contributed by atoms with Crippen LogP contribution in [-0.4, -0.2) is 22.5 Å². The van der Waals surface area contributed by atoms with E-state index in [9.17, 15) is 4.79 Å². The van der Waals surface area contributed by atoms with Gasteiger partial charge in [0.2, 0.25) is 0 Å². The molecule has 2 aromatic heterocycles. The number of amides is 2. The zero-order valence-electron chi connectivity index (χ0n) is 12.2. The molecule has 0 aliphatic rings. The molecule has 2 heterocycles. The first-order valence-electron chi connectivity index (χ1n) is 7.14. The smallest absolute Gasteiger partial charge is 0.320 e. The van der Waals surface area contributed by atoms with Gasteiger partial charge >= 0.3 is 6.03 Å². The molecule has 0 aliphatic carbocycles. The first-order valence-corrected chi connectivity index (χ1v) is 7.14. The second-order valence-corrected chi connectivity index (χ2v) is 4.78. The third-order valence-electron chi connectivity index (χ3n) is 3.27. The van der Waals surface area contributed by atoms with Crippen molar-refractivity contribution in [1.82, 2.24) is 15.3 Å². The second kappa shape index (κ2) is 6.22. The highest BCUT2D eigenvalue weighted by atomic mass is 16.2. The minimum absolute atomic E-state index is 0.270. The molecule has 110 valence electrons. The summed E-state index contributed by atoms with van der Waals surface area (Å²) in [6.07, 6.45) is 1.73. The molecule has 1 aromatic carbocycles. The van der Waals surface area contributed by atoms with Crippen molar-refractivity contribution >= 4 is 22.9 Å². The second-order valence-electron chi connectivity index (χ2n) is 4.78. The average Bonchev–Trinajstić information content (AvgIpc) is 2.55. The van der Waals surface area contributed by atoms with Gasteiger partial charge in [0.15, 0.2) is 5.65 Å². The van der Waals surface area contributed by atoms with Gasteiger partial charge in [-0.3, -0.25) is 5.32 Å². The van der Waals surface area contributed by atoms with Gasteiger partial charge in [-0.15, -0.1) is 0 Å². The summed E-state index contributed by atoms with van der Waals surface area (Å²) in [6, 6.07) is 15.5. The Morgan fingerprint density at radius 2 is 1.91 bits per heavy atom. The molecule has 2 amide bonds. The van der Waals surface area contributed by atoms with Crippen LogP contribution in [0.25, 0.3) is 22.2 Å². The van der Waals surface area contributed by atoms with Crippen molar-refractivity contribution in [3.05, 3.63) is 54.7 Å². The molecule has 3 rings (SSSR count). The predicted octanol–water partition coefficient (Wildman–Crippen LogP) is 3.44. The summed E-state index contributed by atoms with van der Waals surface area (Å²) in [5.74, 6) is 0.483. The number of fused-ring (bicyclic) bond motifs is 1. The minimum atomic E-state index is -0.270. The highest BCUT2D eigenvalue weighted by Crippen LogP contribution is 2.27. The lowest BCUT2D eigenvalue weighted by molar-refractivity contribution is 0.252. The number of hydrogen-bond acceptors (Lipinski definition) is 3. The molecular weight excluding hydrogens is 276 g/mol. The van der Waals surface area contributed by atoms with E-state index in [1.165, 1.54) is 0 Å². The van der Waals surface area contributed by atoms with E-state index in [-0.39, 0.29) is 6.03 Å². The molecule has 5 nitrogen and oxygen atoms in total. The maximum atomic E-state index is 11.6. The van der Waals surface area contributed by atoms with Crippen LogP contribution < -0.4 is 10.6 Å². The number of carbonyl (C=O) groups is 1. The van der Waals surface area contributed by atoms with Crippen molar-refractivity contribution in [2.24, 2.45) is 0 Å². The molecule has 22 heavy (non-hydrogen) atoms. The fourth-order valence-corrected chi connectivity index (χ4v) is 2.29. The Kier molecular flexibility index (Phi) is 3.96. The zero-order chi connectivity index (χ0) is 15.4. The van der Waals surface area contributed by atoms with Crippen LogP contribution in [0.4, 0.5) is 10.6 Å². The lowest BCUT2D eigenvalue weighted by Crippen LogP contribution is -2.28. The number of rotatable bonds is 3. The summed E-state index contributed by atoms with van der Waals surface area (Å²) in [4.78, 5) is 20.3. The maximum absolute atomic E-state index is 11.6. The first kappa shape index (κ1) is 14.0. The van der Waals surface area contributed by atoms with Crippen LogP contribution in [0.2, 0.25) is 0 Å². The van der Waals surface area contributed by atoms with E-state index in [1.807, 2.05) is 37.3 Å². The number of hydrogen-bond donors (Lipinski definition) is 2. The van der Waals surface area contributed by atoms with Crippen LogP contribution in [-0.2, 0) is 0 Å². The fraction of sp³-hybridized carbons (Fsp3) is 0.118. The summed E-state index contributed by atoms with van der Waals surface area (Å²) in [5, 5.41) is 6.32. The lowest BCUT2D eigenvalue weighted by Gasteiger charge is -2.08. The van der Waals surface area contributed by atoms with Gasteiger partial charge < -0.3 is 5.32 Å². The number of nitrogens with zero attached hydrogens (tertiary/aromatic N) is 2. The highest BCUT2D eigenvalue weighted by Gasteiger charge is 2.07. The van der Waals surface area contributed by atoms with Gasteiger partial charge in [-0.1, -0.05) is 30.3 Å². The zero-order valence-corrected chi connectivity index (χ0v) is 12.2. The van der Waals surface area contributed by atoms with Gasteiger partial charge in [0.05, 0.1) is 0 Å². The molecule has 5 heteroatoms. The van der Waals surface area contributed by atoms with E-state index in [1.54, 1.807) is 12.3 Å². The summed E-state index contributed by atoms with van der Waals surface area (Å²) < 4.78 is 0. The summed E-state index contributed by atoms with van der Waals surface area (Å²) >= 11 is 0. The van der Waals surface area contributed by atoms with Crippen molar-refractivity contribution in [3.8, 4) is 11.1 Å². The van der Waals surface area contributed by atoms with Crippen LogP contribution in [0.1, 0.15) is 6.92 Å². The normalized spacial score (nSPS) is 10.4. The minimum Gasteiger partial charge on any atom is -0.338 e. The van der Waals surface area contributed by atoms with Gasteiger partial charge in [0.25, 0.3) is 0 Å². The van der Waals surface area contributed by atoms with E-state index in [0.717, 1.165) is 16.5 Å². The Balaban J connectivity index is 1.99. The molecule has 0 unspecified atom stereocenters. The van der Waals surface area contributed by atoms with Gasteiger partial charge in [0.1, 0.15) is 5.82 Å². The predicted molar refractivity (Wildman–Crippen MR) is 87.7 cm³/mol. The van der Waals surface area contributed by atoms with E-state index in [0.29, 0.717) is 18.0 Å². The van der Waals surface area contributed by atoms with Crippen LogP contribution in [0, 0.1) is 0 Å². The molecule has 2 N–H and O–H groups in total. The summed E-state index contributed by atoms with van der Waals surface area (Å²) in [6.45, 7) is 2.43. The van der Waals surface area contributed by atoms with Gasteiger partial charge in [0, 0.05) is 18.1 Å². The van der Waals surface area contributed by atoms with E-state index in [2.05, 4.69) is 32.7 Å². The molecule has 0 spiro atoms. The number of anilines is 1. The number of urea groups is 1. The number of benzene rings is 1.